The summed E-state index contributed by atoms with van der Waals surface area (Å²) >= 11 is 2.01. The van der Waals surface area contributed by atoms with Crippen LogP contribution in [0, 0.1) is 6.92 Å². The van der Waals surface area contributed by atoms with Crippen LogP contribution in [0.15, 0.2) is 24.3 Å². The van der Waals surface area contributed by atoms with Gasteiger partial charge in [0.1, 0.15) is 0 Å². The molecule has 1 heterocycles. The Bertz CT molecular complexity index is 537. The zero-order valence-corrected chi connectivity index (χ0v) is 13.2. The molecule has 104 valence electrons. The molecular formula is C16H24N2S. The van der Waals surface area contributed by atoms with Gasteiger partial charge in [-0.3, -0.25) is 0 Å². The van der Waals surface area contributed by atoms with Gasteiger partial charge >= 0.3 is 0 Å². The van der Waals surface area contributed by atoms with Crippen molar-refractivity contribution < 1.29 is 0 Å². The minimum Gasteiger partial charge on any atom is -0.359 e. The summed E-state index contributed by atoms with van der Waals surface area (Å²) < 4.78 is 0.361. The first kappa shape index (κ1) is 14.5. The normalized spacial score (nSPS) is 12.2. The molecule has 1 aromatic carbocycles. The summed E-state index contributed by atoms with van der Waals surface area (Å²) in [6.45, 7) is 10.9. The molecule has 0 radical (unpaired) electrons. The van der Waals surface area contributed by atoms with Crippen LogP contribution in [0.1, 0.15) is 32.0 Å². The molecule has 2 rings (SSSR count). The van der Waals surface area contributed by atoms with Gasteiger partial charge in [-0.2, -0.15) is 11.8 Å². The molecule has 0 aliphatic rings. The monoisotopic (exact) mass is 276 g/mol. The number of hydrogen-bond donors (Lipinski definition) is 2. The van der Waals surface area contributed by atoms with Crippen LogP contribution in [0.2, 0.25) is 0 Å². The van der Waals surface area contributed by atoms with Gasteiger partial charge in [0.2, 0.25) is 0 Å². The molecule has 0 fully saturated rings. The van der Waals surface area contributed by atoms with Crippen molar-refractivity contribution in [2.24, 2.45) is 0 Å². The van der Waals surface area contributed by atoms with Gasteiger partial charge in [0.25, 0.3) is 0 Å². The maximum atomic E-state index is 3.54. The maximum absolute atomic E-state index is 3.54. The maximum Gasteiger partial charge on any atom is 0.0459 e. The zero-order valence-electron chi connectivity index (χ0n) is 12.3. The average Bonchev–Trinajstić information content (AvgIpc) is 2.68. The van der Waals surface area contributed by atoms with E-state index in [1.54, 1.807) is 0 Å². The van der Waals surface area contributed by atoms with Crippen molar-refractivity contribution in [3.63, 3.8) is 0 Å². The highest BCUT2D eigenvalue weighted by atomic mass is 32.2. The lowest BCUT2D eigenvalue weighted by Gasteiger charge is -2.17. The molecule has 0 unspecified atom stereocenters. The summed E-state index contributed by atoms with van der Waals surface area (Å²) in [6.07, 6.45) is 0. The second-order valence-corrected chi connectivity index (χ2v) is 7.89. The first-order valence-corrected chi connectivity index (χ1v) is 7.86. The number of aromatic nitrogens is 1. The van der Waals surface area contributed by atoms with Gasteiger partial charge in [0.05, 0.1) is 0 Å². The smallest absolute Gasteiger partial charge is 0.0459 e. The number of fused-ring (bicyclic) bond motifs is 1. The number of thioether (sulfide) groups is 1. The molecule has 2 N–H and O–H groups in total. The van der Waals surface area contributed by atoms with Gasteiger partial charge in [-0.25, -0.2) is 0 Å². The number of nitrogens with one attached hydrogen (secondary N) is 2. The lowest BCUT2D eigenvalue weighted by molar-refractivity contribution is 0.729. The van der Waals surface area contributed by atoms with Gasteiger partial charge in [-0.15, -0.1) is 0 Å². The van der Waals surface area contributed by atoms with Crippen molar-refractivity contribution in [3.8, 4) is 0 Å². The van der Waals surface area contributed by atoms with E-state index < -0.39 is 0 Å². The molecular weight excluding hydrogens is 252 g/mol. The quantitative estimate of drug-likeness (QED) is 0.805. The van der Waals surface area contributed by atoms with Crippen molar-refractivity contribution in [3.05, 3.63) is 35.5 Å². The highest BCUT2D eigenvalue weighted by Gasteiger charge is 2.09. The van der Waals surface area contributed by atoms with E-state index >= 15 is 0 Å². The van der Waals surface area contributed by atoms with E-state index in [-0.39, 0.29) is 0 Å². The second-order valence-electron chi connectivity index (χ2n) is 5.97. The molecule has 1 aromatic heterocycles. The second kappa shape index (κ2) is 6.02. The van der Waals surface area contributed by atoms with Crippen LogP contribution in [0.3, 0.4) is 0 Å². The number of H-pyrrole nitrogens is 1. The number of aromatic amines is 1. The molecule has 2 nitrogen and oxygen atoms in total. The molecule has 19 heavy (non-hydrogen) atoms. The van der Waals surface area contributed by atoms with Gasteiger partial charge in [0, 0.05) is 40.2 Å². The summed E-state index contributed by atoms with van der Waals surface area (Å²) in [6, 6.07) is 8.70. The predicted molar refractivity (Wildman–Crippen MR) is 87.0 cm³/mol. The SMILES string of the molecule is Cc1cc2c(CNCCSC(C)(C)C)cccc2[nH]1. The molecule has 2 aromatic rings. The van der Waals surface area contributed by atoms with Gasteiger partial charge < -0.3 is 10.3 Å². The Hall–Kier alpha value is -0.930. The van der Waals surface area contributed by atoms with E-state index in [4.69, 9.17) is 0 Å². The van der Waals surface area contributed by atoms with Crippen molar-refractivity contribution in [1.29, 1.82) is 0 Å². The van der Waals surface area contributed by atoms with Gasteiger partial charge in [-0.1, -0.05) is 32.9 Å². The van der Waals surface area contributed by atoms with Crippen LogP contribution >= 0.6 is 11.8 Å². The van der Waals surface area contributed by atoms with Crippen LogP contribution in [0.25, 0.3) is 10.9 Å². The van der Waals surface area contributed by atoms with Crippen LogP contribution in [0.4, 0.5) is 0 Å². The van der Waals surface area contributed by atoms with Crippen molar-refractivity contribution in [2.45, 2.75) is 39.0 Å². The van der Waals surface area contributed by atoms with Crippen LogP contribution in [0.5, 0.6) is 0 Å². The van der Waals surface area contributed by atoms with E-state index in [9.17, 15) is 0 Å². The fourth-order valence-electron chi connectivity index (χ4n) is 2.16. The molecule has 0 atom stereocenters. The first-order valence-electron chi connectivity index (χ1n) is 6.87. The largest absolute Gasteiger partial charge is 0.359 e. The van der Waals surface area contributed by atoms with Crippen LogP contribution < -0.4 is 5.32 Å². The zero-order chi connectivity index (χ0) is 13.9. The van der Waals surface area contributed by atoms with E-state index in [0.717, 1.165) is 18.8 Å². The minimum absolute atomic E-state index is 0.361. The van der Waals surface area contributed by atoms with Crippen LogP contribution in [-0.4, -0.2) is 22.0 Å². The third-order valence-electron chi connectivity index (χ3n) is 3.02. The van der Waals surface area contributed by atoms with Crippen molar-refractivity contribution in [1.82, 2.24) is 10.3 Å². The summed E-state index contributed by atoms with van der Waals surface area (Å²) in [5.41, 5.74) is 3.84. The van der Waals surface area contributed by atoms with Gasteiger partial charge in [0.15, 0.2) is 0 Å². The number of hydrogen-bond acceptors (Lipinski definition) is 2. The minimum atomic E-state index is 0.361. The Morgan fingerprint density at radius 1 is 1.26 bits per heavy atom. The topological polar surface area (TPSA) is 27.8 Å². The average molecular weight is 276 g/mol. The molecule has 3 heteroatoms. The Balaban J connectivity index is 1.88. The summed E-state index contributed by atoms with van der Waals surface area (Å²) in [4.78, 5) is 3.39. The molecule has 0 saturated heterocycles. The lowest BCUT2D eigenvalue weighted by atomic mass is 10.1. The molecule has 0 saturated carbocycles. The predicted octanol–water partition coefficient (Wildman–Crippen LogP) is 4.10. The third-order valence-corrected chi connectivity index (χ3v) is 4.29. The molecule has 0 spiro atoms. The number of rotatable bonds is 5. The fourth-order valence-corrected chi connectivity index (χ4v) is 3.02. The van der Waals surface area contributed by atoms with Crippen molar-refractivity contribution in [2.75, 3.05) is 12.3 Å². The van der Waals surface area contributed by atoms with Crippen molar-refractivity contribution >= 4 is 22.7 Å². The van der Waals surface area contributed by atoms with E-state index in [1.807, 2.05) is 11.8 Å². The Kier molecular flexibility index (Phi) is 4.58. The summed E-state index contributed by atoms with van der Waals surface area (Å²) in [7, 11) is 0. The highest BCUT2D eigenvalue weighted by Crippen LogP contribution is 2.22. The molecule has 0 bridgehead atoms. The fraction of sp³-hybridized carbons (Fsp3) is 0.500. The van der Waals surface area contributed by atoms with E-state index in [1.165, 1.54) is 22.2 Å². The van der Waals surface area contributed by atoms with Crippen LogP contribution in [-0.2, 0) is 6.54 Å². The molecule has 0 aliphatic carbocycles. The Morgan fingerprint density at radius 2 is 2.05 bits per heavy atom. The van der Waals surface area contributed by atoms with Gasteiger partial charge in [-0.05, 0) is 24.6 Å². The number of benzene rings is 1. The Labute approximate surface area is 120 Å². The third kappa shape index (κ3) is 4.29. The number of aryl methyl sites for hydroxylation is 1. The standard InChI is InChI=1S/C16H24N2S/c1-12-10-14-13(6-5-7-15(14)18-12)11-17-8-9-19-16(2,3)4/h5-7,10,17-18H,8-9,11H2,1-4H3. The highest BCUT2D eigenvalue weighted by molar-refractivity contribution is 8.00. The summed E-state index contributed by atoms with van der Waals surface area (Å²) in [5.74, 6) is 1.16. The molecule has 0 amide bonds. The van der Waals surface area contributed by atoms with E-state index in [2.05, 4.69) is 62.3 Å². The van der Waals surface area contributed by atoms with E-state index in [0.29, 0.717) is 4.75 Å². The first-order chi connectivity index (χ1) is 8.96. The Morgan fingerprint density at radius 3 is 2.79 bits per heavy atom. The molecule has 0 aliphatic heterocycles. The summed E-state index contributed by atoms with van der Waals surface area (Å²) in [5, 5.41) is 4.88. The lowest BCUT2D eigenvalue weighted by Crippen LogP contribution is -2.19.